The lowest BCUT2D eigenvalue weighted by atomic mass is 9.87. The number of anilines is 1. The van der Waals surface area contributed by atoms with Crippen LogP contribution in [0.3, 0.4) is 0 Å². The molecule has 3 N–H and O–H groups in total. The Morgan fingerprint density at radius 3 is 2.67 bits per heavy atom. The summed E-state index contributed by atoms with van der Waals surface area (Å²) in [7, 11) is 1.60. The van der Waals surface area contributed by atoms with Gasteiger partial charge >= 0.3 is 0 Å². The number of amides is 1. The van der Waals surface area contributed by atoms with Crippen molar-refractivity contribution >= 4 is 11.6 Å². The summed E-state index contributed by atoms with van der Waals surface area (Å²) < 4.78 is 5.21. The van der Waals surface area contributed by atoms with Gasteiger partial charge in [0.15, 0.2) is 0 Å². The molecule has 0 aliphatic heterocycles. The van der Waals surface area contributed by atoms with Gasteiger partial charge in [-0.25, -0.2) is 0 Å². The Balaban J connectivity index is 2.41. The number of hydrogen-bond donors (Lipinski definition) is 3. The maximum atomic E-state index is 11.9. The summed E-state index contributed by atoms with van der Waals surface area (Å²) in [6.45, 7) is 6.52. The van der Waals surface area contributed by atoms with E-state index in [1.54, 1.807) is 14.0 Å². The van der Waals surface area contributed by atoms with Crippen molar-refractivity contribution in [2.24, 2.45) is 5.41 Å². The number of rotatable bonds is 8. The SMILES string of the molecule is COc1ccccc1NCC(=O)NCC(C)(C)CC(C)O. The first-order valence-corrected chi connectivity index (χ1v) is 7.16. The summed E-state index contributed by atoms with van der Waals surface area (Å²) in [5.41, 5.74) is 0.659. The fourth-order valence-corrected chi connectivity index (χ4v) is 2.24. The maximum absolute atomic E-state index is 11.9. The van der Waals surface area contributed by atoms with Gasteiger partial charge in [-0.3, -0.25) is 4.79 Å². The Morgan fingerprint density at radius 1 is 1.38 bits per heavy atom. The van der Waals surface area contributed by atoms with E-state index in [1.165, 1.54) is 0 Å². The van der Waals surface area contributed by atoms with Crippen molar-refractivity contribution in [3.8, 4) is 5.75 Å². The molecular formula is C16H26N2O3. The molecule has 0 bridgehead atoms. The predicted octanol–water partition coefficient (Wildman–Crippen LogP) is 2.02. The zero-order valence-corrected chi connectivity index (χ0v) is 13.3. The molecule has 0 spiro atoms. The lowest BCUT2D eigenvalue weighted by molar-refractivity contribution is -0.119. The lowest BCUT2D eigenvalue weighted by Gasteiger charge is -2.26. The average molecular weight is 294 g/mol. The highest BCUT2D eigenvalue weighted by molar-refractivity contribution is 5.81. The highest BCUT2D eigenvalue weighted by Gasteiger charge is 2.21. The number of hydrogen-bond acceptors (Lipinski definition) is 4. The van der Waals surface area contributed by atoms with Crippen LogP contribution in [0.2, 0.25) is 0 Å². The third kappa shape index (κ3) is 6.49. The minimum atomic E-state index is -0.372. The highest BCUT2D eigenvalue weighted by Crippen LogP contribution is 2.23. The molecule has 1 unspecified atom stereocenters. The van der Waals surface area contributed by atoms with Crippen molar-refractivity contribution in [3.05, 3.63) is 24.3 Å². The highest BCUT2D eigenvalue weighted by atomic mass is 16.5. The van der Waals surface area contributed by atoms with Crippen LogP contribution < -0.4 is 15.4 Å². The zero-order chi connectivity index (χ0) is 15.9. The van der Waals surface area contributed by atoms with Crippen molar-refractivity contribution in [3.63, 3.8) is 0 Å². The lowest BCUT2D eigenvalue weighted by Crippen LogP contribution is -2.38. The number of carbonyl (C=O) groups is 1. The molecule has 21 heavy (non-hydrogen) atoms. The van der Waals surface area contributed by atoms with E-state index >= 15 is 0 Å². The van der Waals surface area contributed by atoms with Crippen LogP contribution in [-0.2, 0) is 4.79 Å². The number of ether oxygens (including phenoxy) is 1. The Kier molecular flexibility index (Phi) is 6.49. The number of para-hydroxylation sites is 2. The fourth-order valence-electron chi connectivity index (χ4n) is 2.24. The van der Waals surface area contributed by atoms with Gasteiger partial charge in [-0.2, -0.15) is 0 Å². The second kappa shape index (κ2) is 7.88. The molecular weight excluding hydrogens is 268 g/mol. The van der Waals surface area contributed by atoms with Crippen molar-refractivity contribution in [1.82, 2.24) is 5.32 Å². The number of nitrogens with one attached hydrogen (secondary N) is 2. The predicted molar refractivity (Wildman–Crippen MR) is 84.6 cm³/mol. The quantitative estimate of drug-likeness (QED) is 0.686. The Morgan fingerprint density at radius 2 is 2.05 bits per heavy atom. The van der Waals surface area contributed by atoms with Crippen LogP contribution in [0.5, 0.6) is 5.75 Å². The summed E-state index contributed by atoms with van der Waals surface area (Å²) >= 11 is 0. The van der Waals surface area contributed by atoms with Crippen LogP contribution >= 0.6 is 0 Å². The first-order chi connectivity index (χ1) is 9.84. The van der Waals surface area contributed by atoms with E-state index in [4.69, 9.17) is 4.74 Å². The number of aliphatic hydroxyl groups is 1. The zero-order valence-electron chi connectivity index (χ0n) is 13.3. The number of carbonyl (C=O) groups excluding carboxylic acids is 1. The van der Waals surface area contributed by atoms with Crippen molar-refractivity contribution in [2.45, 2.75) is 33.3 Å². The van der Waals surface area contributed by atoms with E-state index in [-0.39, 0.29) is 24.0 Å². The van der Waals surface area contributed by atoms with E-state index < -0.39 is 0 Å². The molecule has 1 atom stereocenters. The van der Waals surface area contributed by atoms with E-state index in [0.29, 0.717) is 18.7 Å². The van der Waals surface area contributed by atoms with Gasteiger partial charge in [-0.05, 0) is 30.9 Å². The molecule has 5 heteroatoms. The molecule has 1 amide bonds. The molecule has 1 rings (SSSR count). The molecule has 0 aromatic heterocycles. The third-order valence-corrected chi connectivity index (χ3v) is 3.16. The minimum absolute atomic E-state index is 0.0837. The first-order valence-electron chi connectivity index (χ1n) is 7.16. The van der Waals surface area contributed by atoms with Crippen LogP contribution in [0.15, 0.2) is 24.3 Å². The van der Waals surface area contributed by atoms with Gasteiger partial charge in [0.1, 0.15) is 5.75 Å². The Bertz CT molecular complexity index is 459. The van der Waals surface area contributed by atoms with Gasteiger partial charge < -0.3 is 20.5 Å². The molecule has 0 saturated carbocycles. The van der Waals surface area contributed by atoms with E-state index in [0.717, 1.165) is 5.69 Å². The third-order valence-electron chi connectivity index (χ3n) is 3.16. The summed E-state index contributed by atoms with van der Waals surface area (Å²) in [5.74, 6) is 0.624. The van der Waals surface area contributed by atoms with E-state index in [9.17, 15) is 9.90 Å². The van der Waals surface area contributed by atoms with E-state index in [2.05, 4.69) is 10.6 Å². The first kappa shape index (κ1) is 17.3. The van der Waals surface area contributed by atoms with Crippen molar-refractivity contribution in [1.29, 1.82) is 0 Å². The molecule has 5 nitrogen and oxygen atoms in total. The van der Waals surface area contributed by atoms with E-state index in [1.807, 2.05) is 38.1 Å². The van der Waals surface area contributed by atoms with Gasteiger partial charge in [0, 0.05) is 6.54 Å². The Labute approximate surface area is 126 Å². The summed E-state index contributed by atoms with van der Waals surface area (Å²) in [5, 5.41) is 15.4. The van der Waals surface area contributed by atoms with Gasteiger partial charge in [-0.15, -0.1) is 0 Å². The van der Waals surface area contributed by atoms with Crippen molar-refractivity contribution < 1.29 is 14.6 Å². The average Bonchev–Trinajstić information content (AvgIpc) is 2.42. The maximum Gasteiger partial charge on any atom is 0.239 e. The summed E-state index contributed by atoms with van der Waals surface area (Å²) in [6, 6.07) is 7.46. The van der Waals surface area contributed by atoms with Crippen LogP contribution in [0.25, 0.3) is 0 Å². The van der Waals surface area contributed by atoms with Crippen LogP contribution in [0.4, 0.5) is 5.69 Å². The topological polar surface area (TPSA) is 70.6 Å². The molecule has 1 aromatic rings. The molecule has 0 radical (unpaired) electrons. The van der Waals surface area contributed by atoms with Gasteiger partial charge in [0.05, 0.1) is 25.4 Å². The number of benzene rings is 1. The van der Waals surface area contributed by atoms with Crippen LogP contribution in [-0.4, -0.2) is 37.3 Å². The fraction of sp³-hybridized carbons (Fsp3) is 0.562. The smallest absolute Gasteiger partial charge is 0.239 e. The second-order valence-electron chi connectivity index (χ2n) is 6.05. The summed E-state index contributed by atoms with van der Waals surface area (Å²) in [6.07, 6.45) is 0.274. The van der Waals surface area contributed by atoms with Crippen molar-refractivity contribution in [2.75, 3.05) is 25.5 Å². The molecule has 1 aromatic carbocycles. The van der Waals surface area contributed by atoms with Gasteiger partial charge in [0.2, 0.25) is 5.91 Å². The molecule has 0 aliphatic carbocycles. The normalized spacial score (nSPS) is 12.6. The molecule has 0 heterocycles. The molecule has 0 aliphatic rings. The second-order valence-corrected chi connectivity index (χ2v) is 6.05. The number of methoxy groups -OCH3 is 1. The van der Waals surface area contributed by atoms with Gasteiger partial charge in [0.25, 0.3) is 0 Å². The van der Waals surface area contributed by atoms with Crippen LogP contribution in [0, 0.1) is 5.41 Å². The standard InChI is InChI=1S/C16H26N2O3/c1-12(19)9-16(2,3)11-18-15(20)10-17-13-7-5-6-8-14(13)21-4/h5-8,12,17,19H,9-11H2,1-4H3,(H,18,20). The summed E-state index contributed by atoms with van der Waals surface area (Å²) in [4.78, 5) is 11.9. The number of aliphatic hydroxyl groups excluding tert-OH is 1. The molecule has 118 valence electrons. The largest absolute Gasteiger partial charge is 0.495 e. The minimum Gasteiger partial charge on any atom is -0.495 e. The van der Waals surface area contributed by atoms with Gasteiger partial charge in [-0.1, -0.05) is 26.0 Å². The van der Waals surface area contributed by atoms with Crippen LogP contribution in [0.1, 0.15) is 27.2 Å². The molecule has 0 fully saturated rings. The molecule has 0 saturated heterocycles. The Hall–Kier alpha value is -1.75. The monoisotopic (exact) mass is 294 g/mol.